The van der Waals surface area contributed by atoms with Crippen LogP contribution in [0.15, 0.2) is 0 Å². The lowest BCUT2D eigenvalue weighted by molar-refractivity contribution is -0.00115. The highest BCUT2D eigenvalue weighted by Crippen LogP contribution is 2.46. The van der Waals surface area contributed by atoms with Crippen molar-refractivity contribution < 1.29 is 5.11 Å². The van der Waals surface area contributed by atoms with E-state index in [4.69, 9.17) is 0 Å². The fourth-order valence-electron chi connectivity index (χ4n) is 3.29. The summed E-state index contributed by atoms with van der Waals surface area (Å²) in [6.07, 6.45) is 1.85. The SMILES string of the molecule is CCC1C(O)CC1c1c(C)nn(C(C)C)c1C. The highest BCUT2D eigenvalue weighted by molar-refractivity contribution is 5.32. The summed E-state index contributed by atoms with van der Waals surface area (Å²) in [5.74, 6) is 0.944. The molecule has 0 bridgehead atoms. The number of hydrogen-bond donors (Lipinski definition) is 1. The smallest absolute Gasteiger partial charge is 0.0631 e. The minimum absolute atomic E-state index is 0.105. The van der Waals surface area contributed by atoms with E-state index in [1.807, 2.05) is 0 Å². The van der Waals surface area contributed by atoms with Gasteiger partial charge in [-0.25, -0.2) is 0 Å². The second kappa shape index (κ2) is 4.45. The predicted molar refractivity (Wildman–Crippen MR) is 69.2 cm³/mol. The predicted octanol–water partition coefficient (Wildman–Crippen LogP) is 2.96. The van der Waals surface area contributed by atoms with Crippen LogP contribution in [-0.4, -0.2) is 21.0 Å². The summed E-state index contributed by atoms with van der Waals surface area (Å²) < 4.78 is 2.11. The average Bonchev–Trinajstić information content (AvgIpc) is 2.52. The Morgan fingerprint density at radius 2 is 2.06 bits per heavy atom. The van der Waals surface area contributed by atoms with Crippen LogP contribution in [0.25, 0.3) is 0 Å². The highest BCUT2D eigenvalue weighted by atomic mass is 16.3. The van der Waals surface area contributed by atoms with Crippen LogP contribution in [0.2, 0.25) is 0 Å². The van der Waals surface area contributed by atoms with Gasteiger partial charge in [0.2, 0.25) is 0 Å². The Bertz CT molecular complexity index is 409. The second-order valence-corrected chi connectivity index (χ2v) is 5.60. The number of hydrogen-bond acceptors (Lipinski definition) is 2. The lowest BCUT2D eigenvalue weighted by Crippen LogP contribution is -2.39. The molecule has 0 aromatic carbocycles. The first-order chi connectivity index (χ1) is 7.97. The molecule has 1 aromatic rings. The maximum atomic E-state index is 9.81. The van der Waals surface area contributed by atoms with Gasteiger partial charge in [-0.1, -0.05) is 13.3 Å². The molecule has 1 aliphatic rings. The van der Waals surface area contributed by atoms with Crippen molar-refractivity contribution in [3.05, 3.63) is 17.0 Å². The molecule has 3 unspecified atom stereocenters. The average molecular weight is 236 g/mol. The van der Waals surface area contributed by atoms with Crippen LogP contribution in [0.4, 0.5) is 0 Å². The van der Waals surface area contributed by atoms with E-state index in [0.29, 0.717) is 17.9 Å². The zero-order chi connectivity index (χ0) is 12.7. The summed E-state index contributed by atoms with van der Waals surface area (Å²) in [5.41, 5.74) is 3.82. The quantitative estimate of drug-likeness (QED) is 0.876. The van der Waals surface area contributed by atoms with Gasteiger partial charge in [-0.2, -0.15) is 5.10 Å². The monoisotopic (exact) mass is 236 g/mol. The largest absolute Gasteiger partial charge is 0.393 e. The number of nitrogens with zero attached hydrogens (tertiary/aromatic N) is 2. The Morgan fingerprint density at radius 1 is 1.41 bits per heavy atom. The van der Waals surface area contributed by atoms with Gasteiger partial charge in [-0.3, -0.25) is 4.68 Å². The first kappa shape index (κ1) is 12.6. The van der Waals surface area contributed by atoms with Crippen LogP contribution in [0.1, 0.15) is 62.5 Å². The summed E-state index contributed by atoms with van der Waals surface area (Å²) in [6.45, 7) is 10.7. The van der Waals surface area contributed by atoms with Crippen LogP contribution >= 0.6 is 0 Å². The number of aryl methyl sites for hydroxylation is 1. The van der Waals surface area contributed by atoms with E-state index < -0.39 is 0 Å². The van der Waals surface area contributed by atoms with Gasteiger partial charge >= 0.3 is 0 Å². The van der Waals surface area contributed by atoms with Crippen LogP contribution in [-0.2, 0) is 0 Å². The number of aliphatic hydroxyl groups excluding tert-OH is 1. The Balaban J connectivity index is 2.33. The summed E-state index contributed by atoms with van der Waals surface area (Å²) in [4.78, 5) is 0. The van der Waals surface area contributed by atoms with Crippen molar-refractivity contribution in [2.24, 2.45) is 5.92 Å². The number of aliphatic hydroxyl groups is 1. The van der Waals surface area contributed by atoms with E-state index in [1.165, 1.54) is 11.3 Å². The van der Waals surface area contributed by atoms with Gasteiger partial charge in [0.15, 0.2) is 0 Å². The molecule has 1 heterocycles. The molecule has 3 heteroatoms. The lowest BCUT2D eigenvalue weighted by atomic mass is 9.66. The van der Waals surface area contributed by atoms with Crippen molar-refractivity contribution in [2.45, 2.75) is 65.5 Å². The third-order valence-corrected chi connectivity index (χ3v) is 4.22. The maximum absolute atomic E-state index is 9.81. The molecule has 3 nitrogen and oxygen atoms in total. The molecule has 0 aliphatic heterocycles. The van der Waals surface area contributed by atoms with E-state index in [0.717, 1.165) is 18.5 Å². The molecule has 1 aromatic heterocycles. The van der Waals surface area contributed by atoms with E-state index in [1.54, 1.807) is 0 Å². The normalized spacial score (nSPS) is 28.5. The van der Waals surface area contributed by atoms with Crippen molar-refractivity contribution >= 4 is 0 Å². The summed E-state index contributed by atoms with van der Waals surface area (Å²) >= 11 is 0. The van der Waals surface area contributed by atoms with Gasteiger partial charge in [-0.15, -0.1) is 0 Å². The van der Waals surface area contributed by atoms with Crippen molar-refractivity contribution in [1.29, 1.82) is 0 Å². The van der Waals surface area contributed by atoms with Gasteiger partial charge in [-0.05, 0) is 51.5 Å². The van der Waals surface area contributed by atoms with E-state index in [9.17, 15) is 5.11 Å². The van der Waals surface area contributed by atoms with Crippen molar-refractivity contribution in [3.8, 4) is 0 Å². The van der Waals surface area contributed by atoms with Crippen molar-refractivity contribution in [1.82, 2.24) is 9.78 Å². The molecule has 0 radical (unpaired) electrons. The van der Waals surface area contributed by atoms with Crippen LogP contribution in [0.5, 0.6) is 0 Å². The third-order valence-electron chi connectivity index (χ3n) is 4.22. The number of aromatic nitrogens is 2. The molecule has 0 amide bonds. The molecule has 17 heavy (non-hydrogen) atoms. The molecule has 0 saturated heterocycles. The maximum Gasteiger partial charge on any atom is 0.0631 e. The van der Waals surface area contributed by atoms with Crippen molar-refractivity contribution in [2.75, 3.05) is 0 Å². The fourth-order valence-corrected chi connectivity index (χ4v) is 3.29. The minimum Gasteiger partial charge on any atom is -0.393 e. The van der Waals surface area contributed by atoms with Gasteiger partial charge < -0.3 is 5.11 Å². The molecule has 1 saturated carbocycles. The number of rotatable bonds is 3. The van der Waals surface area contributed by atoms with Crippen LogP contribution < -0.4 is 0 Å². The van der Waals surface area contributed by atoms with Gasteiger partial charge in [0.25, 0.3) is 0 Å². The van der Waals surface area contributed by atoms with Gasteiger partial charge in [0, 0.05) is 11.7 Å². The van der Waals surface area contributed by atoms with E-state index in [2.05, 4.69) is 44.4 Å². The summed E-state index contributed by atoms with van der Waals surface area (Å²) in [5, 5.41) is 14.5. The van der Waals surface area contributed by atoms with Crippen LogP contribution in [0.3, 0.4) is 0 Å². The van der Waals surface area contributed by atoms with E-state index in [-0.39, 0.29) is 6.10 Å². The zero-order valence-corrected chi connectivity index (χ0v) is 11.6. The Morgan fingerprint density at radius 3 is 2.47 bits per heavy atom. The Hall–Kier alpha value is -0.830. The molecule has 1 fully saturated rings. The summed E-state index contributed by atoms with van der Waals surface area (Å²) in [7, 11) is 0. The molecule has 2 rings (SSSR count). The molecule has 1 N–H and O–H groups in total. The van der Waals surface area contributed by atoms with Gasteiger partial charge in [0.1, 0.15) is 0 Å². The molecule has 3 atom stereocenters. The first-order valence-electron chi connectivity index (χ1n) is 6.71. The van der Waals surface area contributed by atoms with Crippen LogP contribution in [0, 0.1) is 19.8 Å². The highest BCUT2D eigenvalue weighted by Gasteiger charge is 2.41. The fraction of sp³-hybridized carbons (Fsp3) is 0.786. The van der Waals surface area contributed by atoms with Crippen molar-refractivity contribution in [3.63, 3.8) is 0 Å². The topological polar surface area (TPSA) is 38.1 Å². The molecule has 1 aliphatic carbocycles. The standard InChI is InChI=1S/C14H24N2O/c1-6-11-12(7-13(11)17)14-9(4)15-16(8(2)3)10(14)5/h8,11-13,17H,6-7H2,1-5H3. The minimum atomic E-state index is -0.105. The zero-order valence-electron chi connectivity index (χ0n) is 11.6. The molecule has 96 valence electrons. The first-order valence-corrected chi connectivity index (χ1v) is 6.71. The Kier molecular flexibility index (Phi) is 3.30. The van der Waals surface area contributed by atoms with E-state index >= 15 is 0 Å². The molecular formula is C14H24N2O. The van der Waals surface area contributed by atoms with Gasteiger partial charge in [0.05, 0.1) is 11.8 Å². The third kappa shape index (κ3) is 1.90. The Labute approximate surface area is 104 Å². The molecular weight excluding hydrogens is 212 g/mol. The second-order valence-electron chi connectivity index (χ2n) is 5.60. The molecule has 0 spiro atoms. The lowest BCUT2D eigenvalue weighted by Gasteiger charge is -2.41. The summed E-state index contributed by atoms with van der Waals surface area (Å²) in [6, 6.07) is 0.410.